The molecule has 1 saturated carbocycles. The summed E-state index contributed by atoms with van der Waals surface area (Å²) in [6, 6.07) is 0. The molecule has 3 rings (SSSR count). The molecule has 2 aromatic rings. The van der Waals surface area contributed by atoms with Gasteiger partial charge in [0, 0.05) is 11.9 Å². The number of hydrogen-bond donors (Lipinski definition) is 1. The first kappa shape index (κ1) is 10.4. The zero-order valence-electron chi connectivity index (χ0n) is 8.92. The lowest BCUT2D eigenvalue weighted by Gasteiger charge is -1.98. The summed E-state index contributed by atoms with van der Waals surface area (Å²) >= 11 is 1.44. The predicted octanol–water partition coefficient (Wildman–Crippen LogP) is 1.33. The largest absolute Gasteiger partial charge is 0.411 e. The Bertz CT molecular complexity index is 518. The topological polar surface area (TPSA) is 80.9 Å². The van der Waals surface area contributed by atoms with Gasteiger partial charge in [0.05, 0.1) is 5.51 Å². The third-order valence-corrected chi connectivity index (χ3v) is 3.11. The van der Waals surface area contributed by atoms with Crippen molar-refractivity contribution in [1.29, 1.82) is 0 Å². The van der Waals surface area contributed by atoms with Crippen molar-refractivity contribution in [3.8, 4) is 11.6 Å². The number of hydrogen-bond acceptors (Lipinski definition) is 6. The van der Waals surface area contributed by atoms with Gasteiger partial charge in [-0.1, -0.05) is 0 Å². The molecule has 1 fully saturated rings. The first-order valence-corrected chi connectivity index (χ1v) is 6.27. The lowest BCUT2D eigenvalue weighted by atomic mass is 10.4. The van der Waals surface area contributed by atoms with E-state index in [1.165, 1.54) is 24.2 Å². The van der Waals surface area contributed by atoms with E-state index >= 15 is 0 Å². The molecule has 1 N–H and O–H groups in total. The second-order valence-corrected chi connectivity index (χ2v) is 4.66. The normalized spacial score (nSPS) is 14.8. The monoisotopic (exact) mass is 250 g/mol. The molecule has 1 aliphatic rings. The van der Waals surface area contributed by atoms with Crippen molar-refractivity contribution in [3.63, 3.8) is 0 Å². The van der Waals surface area contributed by atoms with Crippen LogP contribution in [-0.2, 0) is 0 Å². The summed E-state index contributed by atoms with van der Waals surface area (Å²) in [6.45, 7) is 0.688. The molecule has 0 aromatic carbocycles. The summed E-state index contributed by atoms with van der Waals surface area (Å²) in [5.41, 5.74) is 2.27. The zero-order valence-corrected chi connectivity index (χ0v) is 9.74. The number of nitrogens with one attached hydrogen (secondary N) is 1. The molecular weight excluding hydrogens is 240 g/mol. The van der Waals surface area contributed by atoms with E-state index in [0.717, 1.165) is 0 Å². The van der Waals surface area contributed by atoms with Crippen molar-refractivity contribution in [2.24, 2.45) is 5.92 Å². The highest BCUT2D eigenvalue weighted by molar-refractivity contribution is 7.07. The lowest BCUT2D eigenvalue weighted by Crippen LogP contribution is -2.25. The van der Waals surface area contributed by atoms with Crippen molar-refractivity contribution in [2.45, 2.75) is 12.8 Å². The van der Waals surface area contributed by atoms with Gasteiger partial charge >= 0.3 is 11.8 Å². The highest BCUT2D eigenvalue weighted by atomic mass is 32.1. The molecule has 0 unspecified atom stereocenters. The molecule has 0 radical (unpaired) electrons. The van der Waals surface area contributed by atoms with Crippen LogP contribution in [-0.4, -0.2) is 27.6 Å². The van der Waals surface area contributed by atoms with Crippen LogP contribution in [0.4, 0.5) is 0 Å². The molecule has 0 atom stereocenters. The van der Waals surface area contributed by atoms with Crippen molar-refractivity contribution in [3.05, 3.63) is 16.8 Å². The molecule has 0 aliphatic heterocycles. The summed E-state index contributed by atoms with van der Waals surface area (Å²) in [5, 5.41) is 12.1. The summed E-state index contributed by atoms with van der Waals surface area (Å²) in [6.07, 6.45) is 2.38. The van der Waals surface area contributed by atoms with Gasteiger partial charge in [0.1, 0.15) is 5.69 Å². The van der Waals surface area contributed by atoms with Crippen LogP contribution in [0.1, 0.15) is 23.5 Å². The maximum Gasteiger partial charge on any atom is 0.308 e. The molecule has 2 heterocycles. The van der Waals surface area contributed by atoms with Gasteiger partial charge in [-0.3, -0.25) is 4.79 Å². The van der Waals surface area contributed by atoms with Crippen LogP contribution in [0.3, 0.4) is 0 Å². The second kappa shape index (κ2) is 4.25. The first-order chi connectivity index (χ1) is 8.33. The van der Waals surface area contributed by atoms with Gasteiger partial charge in [0.2, 0.25) is 0 Å². The molecule has 0 spiro atoms. The number of aromatic nitrogens is 3. The Kier molecular flexibility index (Phi) is 2.60. The smallest absolute Gasteiger partial charge is 0.308 e. The number of amides is 1. The van der Waals surface area contributed by atoms with Crippen molar-refractivity contribution in [1.82, 2.24) is 20.5 Å². The highest BCUT2D eigenvalue weighted by Gasteiger charge is 2.23. The average Bonchev–Trinajstić information content (AvgIpc) is 2.85. The highest BCUT2D eigenvalue weighted by Crippen LogP contribution is 2.27. The second-order valence-electron chi connectivity index (χ2n) is 3.94. The van der Waals surface area contributed by atoms with Crippen molar-refractivity contribution >= 4 is 17.2 Å². The fraction of sp³-hybridized carbons (Fsp3) is 0.400. The van der Waals surface area contributed by atoms with Gasteiger partial charge in [-0.25, -0.2) is 4.98 Å². The molecule has 7 heteroatoms. The molecule has 1 amide bonds. The van der Waals surface area contributed by atoms with E-state index in [1.807, 2.05) is 0 Å². The maximum atomic E-state index is 11.6. The van der Waals surface area contributed by atoms with Gasteiger partial charge in [0.15, 0.2) is 0 Å². The van der Waals surface area contributed by atoms with E-state index in [4.69, 9.17) is 4.42 Å². The summed E-state index contributed by atoms with van der Waals surface area (Å²) in [4.78, 5) is 15.7. The molecule has 17 heavy (non-hydrogen) atoms. The maximum absolute atomic E-state index is 11.6. The number of thiazole rings is 1. The van der Waals surface area contributed by atoms with Gasteiger partial charge in [-0.2, -0.15) is 0 Å². The van der Waals surface area contributed by atoms with E-state index in [9.17, 15) is 4.79 Å². The third-order valence-electron chi connectivity index (χ3n) is 2.52. The average molecular weight is 250 g/mol. The van der Waals surface area contributed by atoms with E-state index in [0.29, 0.717) is 18.2 Å². The number of nitrogens with zero attached hydrogens (tertiary/aromatic N) is 3. The quantitative estimate of drug-likeness (QED) is 0.885. The van der Waals surface area contributed by atoms with Crippen LogP contribution in [0.5, 0.6) is 0 Å². The fourth-order valence-corrected chi connectivity index (χ4v) is 1.90. The van der Waals surface area contributed by atoms with E-state index in [2.05, 4.69) is 20.5 Å². The van der Waals surface area contributed by atoms with Gasteiger partial charge in [-0.05, 0) is 18.8 Å². The van der Waals surface area contributed by atoms with Gasteiger partial charge < -0.3 is 9.73 Å². The number of carbonyl (C=O) groups is 1. The zero-order chi connectivity index (χ0) is 11.7. The first-order valence-electron chi connectivity index (χ1n) is 5.33. The molecule has 88 valence electrons. The number of rotatable bonds is 4. The fourth-order valence-electron chi connectivity index (χ4n) is 1.37. The Labute approximate surface area is 101 Å². The van der Waals surface area contributed by atoms with E-state index in [1.54, 1.807) is 10.9 Å². The molecule has 0 saturated heterocycles. The van der Waals surface area contributed by atoms with Gasteiger partial charge in [0.25, 0.3) is 5.89 Å². The van der Waals surface area contributed by atoms with Crippen LogP contribution >= 0.6 is 11.3 Å². The minimum atomic E-state index is -0.314. The SMILES string of the molecule is O=C(NCC1CC1)c1nnc(-c2cscn2)o1. The molecule has 0 bridgehead atoms. The Balaban J connectivity index is 1.68. The Morgan fingerprint density at radius 2 is 2.41 bits per heavy atom. The minimum Gasteiger partial charge on any atom is -0.411 e. The minimum absolute atomic E-state index is 0.00588. The van der Waals surface area contributed by atoms with E-state index < -0.39 is 0 Å². The molecule has 1 aliphatic carbocycles. The van der Waals surface area contributed by atoms with Crippen LogP contribution in [0.25, 0.3) is 11.6 Å². The van der Waals surface area contributed by atoms with Crippen LogP contribution in [0, 0.1) is 5.92 Å². The Hall–Kier alpha value is -1.76. The summed E-state index contributed by atoms with van der Waals surface area (Å²) in [5.74, 6) is 0.585. The molecule has 6 nitrogen and oxygen atoms in total. The Morgan fingerprint density at radius 1 is 1.53 bits per heavy atom. The molecule has 2 aromatic heterocycles. The lowest BCUT2D eigenvalue weighted by molar-refractivity contribution is 0.0917. The van der Waals surface area contributed by atoms with Crippen LogP contribution in [0.2, 0.25) is 0 Å². The summed E-state index contributed by atoms with van der Waals surface area (Å²) in [7, 11) is 0. The standard InChI is InChI=1S/C10H10N4O2S/c15-8(11-3-6-1-2-6)10-14-13-9(16-10)7-4-17-5-12-7/h4-6H,1-3H2,(H,11,15). The van der Waals surface area contributed by atoms with E-state index in [-0.39, 0.29) is 17.7 Å². The van der Waals surface area contributed by atoms with Gasteiger partial charge in [-0.15, -0.1) is 21.5 Å². The third kappa shape index (κ3) is 2.33. The Morgan fingerprint density at radius 3 is 3.12 bits per heavy atom. The van der Waals surface area contributed by atoms with Crippen LogP contribution in [0.15, 0.2) is 15.3 Å². The van der Waals surface area contributed by atoms with Crippen molar-refractivity contribution in [2.75, 3.05) is 6.54 Å². The number of carbonyl (C=O) groups excluding carboxylic acids is 1. The summed E-state index contributed by atoms with van der Waals surface area (Å²) < 4.78 is 5.25. The van der Waals surface area contributed by atoms with Crippen molar-refractivity contribution < 1.29 is 9.21 Å². The predicted molar refractivity (Wildman–Crippen MR) is 60.5 cm³/mol. The van der Waals surface area contributed by atoms with Crippen LogP contribution < -0.4 is 5.32 Å². The molecular formula is C10H10N4O2S.